The number of β-amino-alcohol motifs (C(OH)–C–C–N with tert-alkyl or cyclic N) is 1. The van der Waals surface area contributed by atoms with E-state index < -0.39 is 11.0 Å². The first kappa shape index (κ1) is 15.2. The maximum absolute atomic E-state index is 11.6. The van der Waals surface area contributed by atoms with Gasteiger partial charge in [0.2, 0.25) is 0 Å². The molecule has 0 spiro atoms. The third-order valence-electron chi connectivity index (χ3n) is 3.92. The molecule has 1 aliphatic heterocycles. The molecule has 114 valence electrons. The van der Waals surface area contributed by atoms with E-state index in [4.69, 9.17) is 0 Å². The minimum absolute atomic E-state index is 0.113. The standard InChI is InChI=1S/C14H19N3O4/c1-9-5-6-16(8-13(9)18)11-4-3-10(14(19)15-2)7-12(11)17(20)21/h3-4,7,9,13,18H,5-6,8H2,1-2H3,(H,15,19). The minimum Gasteiger partial charge on any atom is -0.391 e. The average molecular weight is 293 g/mol. The van der Waals surface area contributed by atoms with E-state index in [1.165, 1.54) is 13.1 Å². The Morgan fingerprint density at radius 3 is 2.81 bits per heavy atom. The number of hydrogen-bond donors (Lipinski definition) is 2. The molecule has 1 fully saturated rings. The molecule has 1 aromatic carbocycles. The van der Waals surface area contributed by atoms with Crippen molar-refractivity contribution in [2.75, 3.05) is 25.0 Å². The topological polar surface area (TPSA) is 95.7 Å². The van der Waals surface area contributed by atoms with Crippen LogP contribution in [0.4, 0.5) is 11.4 Å². The van der Waals surface area contributed by atoms with Crippen LogP contribution in [0, 0.1) is 16.0 Å². The number of nitro groups is 1. The molecule has 1 aliphatic rings. The smallest absolute Gasteiger partial charge is 0.293 e. The van der Waals surface area contributed by atoms with Crippen molar-refractivity contribution in [1.29, 1.82) is 0 Å². The van der Waals surface area contributed by atoms with Gasteiger partial charge in [0, 0.05) is 31.8 Å². The molecule has 1 saturated heterocycles. The second kappa shape index (κ2) is 6.09. The van der Waals surface area contributed by atoms with Gasteiger partial charge in [0.15, 0.2) is 0 Å². The van der Waals surface area contributed by atoms with Crippen LogP contribution >= 0.6 is 0 Å². The predicted octanol–water partition coefficient (Wildman–Crippen LogP) is 1.16. The third-order valence-corrected chi connectivity index (χ3v) is 3.92. The van der Waals surface area contributed by atoms with Crippen LogP contribution in [-0.4, -0.2) is 42.2 Å². The van der Waals surface area contributed by atoms with Crippen LogP contribution in [0.25, 0.3) is 0 Å². The Balaban J connectivity index is 2.35. The van der Waals surface area contributed by atoms with Gasteiger partial charge in [-0.05, 0) is 24.5 Å². The summed E-state index contributed by atoms with van der Waals surface area (Å²) in [4.78, 5) is 24.1. The van der Waals surface area contributed by atoms with E-state index in [-0.39, 0.29) is 23.1 Å². The number of piperidine rings is 1. The van der Waals surface area contributed by atoms with E-state index in [1.807, 2.05) is 6.92 Å². The Kier molecular flexibility index (Phi) is 4.42. The highest BCUT2D eigenvalue weighted by atomic mass is 16.6. The van der Waals surface area contributed by atoms with Gasteiger partial charge in [-0.3, -0.25) is 14.9 Å². The van der Waals surface area contributed by atoms with Gasteiger partial charge in [0.1, 0.15) is 5.69 Å². The summed E-state index contributed by atoms with van der Waals surface area (Å²) in [6.07, 6.45) is 0.271. The van der Waals surface area contributed by atoms with Gasteiger partial charge in [-0.25, -0.2) is 0 Å². The molecule has 1 heterocycles. The van der Waals surface area contributed by atoms with Crippen molar-refractivity contribution in [1.82, 2.24) is 5.32 Å². The first-order valence-corrected chi connectivity index (χ1v) is 6.87. The molecule has 0 aromatic heterocycles. The quantitative estimate of drug-likeness (QED) is 0.644. The molecule has 1 aromatic rings. The van der Waals surface area contributed by atoms with Gasteiger partial charge in [0.25, 0.3) is 11.6 Å². The third kappa shape index (κ3) is 3.13. The van der Waals surface area contributed by atoms with Gasteiger partial charge in [-0.1, -0.05) is 6.92 Å². The maximum Gasteiger partial charge on any atom is 0.293 e. The van der Waals surface area contributed by atoms with Crippen LogP contribution in [0.3, 0.4) is 0 Å². The number of amides is 1. The second-order valence-electron chi connectivity index (χ2n) is 5.32. The number of aliphatic hydroxyl groups excluding tert-OH is 1. The lowest BCUT2D eigenvalue weighted by molar-refractivity contribution is -0.384. The molecule has 0 bridgehead atoms. The van der Waals surface area contributed by atoms with Crippen molar-refractivity contribution in [2.45, 2.75) is 19.4 Å². The first-order valence-electron chi connectivity index (χ1n) is 6.87. The van der Waals surface area contributed by atoms with Gasteiger partial charge in [-0.15, -0.1) is 0 Å². The maximum atomic E-state index is 11.6. The Morgan fingerprint density at radius 1 is 1.52 bits per heavy atom. The van der Waals surface area contributed by atoms with Gasteiger partial charge in [0.05, 0.1) is 11.0 Å². The van der Waals surface area contributed by atoms with E-state index in [2.05, 4.69) is 5.32 Å². The Labute approximate surface area is 122 Å². The fraction of sp³-hybridized carbons (Fsp3) is 0.500. The summed E-state index contributed by atoms with van der Waals surface area (Å²) < 4.78 is 0. The van der Waals surface area contributed by atoms with Gasteiger partial charge >= 0.3 is 0 Å². The molecular formula is C14H19N3O4. The zero-order valence-corrected chi connectivity index (χ0v) is 12.1. The van der Waals surface area contributed by atoms with Crippen molar-refractivity contribution in [3.63, 3.8) is 0 Å². The second-order valence-corrected chi connectivity index (χ2v) is 5.32. The molecule has 0 aliphatic carbocycles. The predicted molar refractivity (Wildman–Crippen MR) is 78.5 cm³/mol. The molecule has 7 heteroatoms. The Hall–Kier alpha value is -2.15. The van der Waals surface area contributed by atoms with Gasteiger partial charge < -0.3 is 15.3 Å². The van der Waals surface area contributed by atoms with Crippen LogP contribution < -0.4 is 10.2 Å². The molecular weight excluding hydrogens is 274 g/mol. The number of benzene rings is 1. The highest BCUT2D eigenvalue weighted by molar-refractivity contribution is 5.95. The summed E-state index contributed by atoms with van der Waals surface area (Å²) >= 11 is 0. The Morgan fingerprint density at radius 2 is 2.24 bits per heavy atom. The summed E-state index contributed by atoms with van der Waals surface area (Å²) in [5.74, 6) is -0.178. The SMILES string of the molecule is CNC(=O)c1ccc(N2CCC(C)C(O)C2)c([N+](=O)[O-])c1. The number of nitrogens with zero attached hydrogens (tertiary/aromatic N) is 2. The molecule has 0 saturated carbocycles. The van der Waals surface area contributed by atoms with Gasteiger partial charge in [-0.2, -0.15) is 0 Å². The number of nitro benzene ring substituents is 1. The fourth-order valence-electron chi connectivity index (χ4n) is 2.49. The largest absolute Gasteiger partial charge is 0.391 e. The van der Waals surface area contributed by atoms with Crippen LogP contribution in [-0.2, 0) is 0 Å². The zero-order chi connectivity index (χ0) is 15.6. The van der Waals surface area contributed by atoms with E-state index in [0.717, 1.165) is 6.42 Å². The normalized spacial score (nSPS) is 22.0. The van der Waals surface area contributed by atoms with Crippen molar-refractivity contribution in [3.05, 3.63) is 33.9 Å². The highest BCUT2D eigenvalue weighted by Crippen LogP contribution is 2.32. The zero-order valence-electron chi connectivity index (χ0n) is 12.1. The number of carbonyl (C=O) groups excluding carboxylic acids is 1. The molecule has 7 nitrogen and oxygen atoms in total. The molecule has 2 atom stereocenters. The average Bonchev–Trinajstić information content (AvgIpc) is 2.48. The highest BCUT2D eigenvalue weighted by Gasteiger charge is 2.28. The summed E-state index contributed by atoms with van der Waals surface area (Å²) in [7, 11) is 1.48. The van der Waals surface area contributed by atoms with E-state index in [1.54, 1.807) is 17.0 Å². The van der Waals surface area contributed by atoms with E-state index in [9.17, 15) is 20.0 Å². The number of anilines is 1. The van der Waals surface area contributed by atoms with Crippen molar-refractivity contribution >= 4 is 17.3 Å². The first-order chi connectivity index (χ1) is 9.93. The van der Waals surface area contributed by atoms with Crippen molar-refractivity contribution in [3.8, 4) is 0 Å². The molecule has 2 rings (SSSR count). The number of rotatable bonds is 3. The lowest BCUT2D eigenvalue weighted by Gasteiger charge is -2.35. The number of carbonyl (C=O) groups is 1. The molecule has 2 unspecified atom stereocenters. The van der Waals surface area contributed by atoms with Crippen LogP contribution in [0.5, 0.6) is 0 Å². The molecule has 2 N–H and O–H groups in total. The summed E-state index contributed by atoms with van der Waals surface area (Å²) in [6, 6.07) is 4.41. The fourth-order valence-corrected chi connectivity index (χ4v) is 2.49. The molecule has 0 radical (unpaired) electrons. The number of nitrogens with one attached hydrogen (secondary N) is 1. The summed E-state index contributed by atoms with van der Waals surface area (Å²) in [5, 5.41) is 23.6. The lowest BCUT2D eigenvalue weighted by atomic mass is 9.95. The van der Waals surface area contributed by atoms with E-state index in [0.29, 0.717) is 18.8 Å². The Bertz CT molecular complexity index is 561. The minimum atomic E-state index is -0.503. The van der Waals surface area contributed by atoms with Crippen molar-refractivity contribution < 1.29 is 14.8 Å². The molecule has 21 heavy (non-hydrogen) atoms. The molecule has 1 amide bonds. The van der Waals surface area contributed by atoms with Crippen LogP contribution in [0.15, 0.2) is 18.2 Å². The van der Waals surface area contributed by atoms with Crippen LogP contribution in [0.1, 0.15) is 23.7 Å². The summed E-state index contributed by atoms with van der Waals surface area (Å²) in [6.45, 7) is 2.98. The summed E-state index contributed by atoms with van der Waals surface area (Å²) in [5.41, 5.74) is 0.579. The van der Waals surface area contributed by atoms with Crippen molar-refractivity contribution in [2.24, 2.45) is 5.92 Å². The number of aliphatic hydroxyl groups is 1. The monoisotopic (exact) mass is 293 g/mol. The van der Waals surface area contributed by atoms with E-state index >= 15 is 0 Å². The lowest BCUT2D eigenvalue weighted by Crippen LogP contribution is -2.43. The number of hydrogen-bond acceptors (Lipinski definition) is 5. The van der Waals surface area contributed by atoms with Crippen LogP contribution in [0.2, 0.25) is 0 Å².